The Balaban J connectivity index is 3.34. The molecule has 0 unspecified atom stereocenters. The van der Waals surface area contributed by atoms with Gasteiger partial charge in [0.1, 0.15) is 5.82 Å². The van der Waals surface area contributed by atoms with Gasteiger partial charge in [-0.2, -0.15) is 0 Å². The van der Waals surface area contributed by atoms with E-state index in [1.165, 1.54) is 11.8 Å². The van der Waals surface area contributed by atoms with Gasteiger partial charge in [0, 0.05) is 0 Å². The fourth-order valence-electron chi connectivity index (χ4n) is 1.08. The number of hydrogen-bond donors (Lipinski definition) is 1. The van der Waals surface area contributed by atoms with Crippen LogP contribution in [0.2, 0.25) is 0 Å². The van der Waals surface area contributed by atoms with E-state index >= 15 is 0 Å². The Kier molecular flexibility index (Phi) is 2.92. The smallest absolute Gasteiger partial charge is 0.264 e. The number of H-pyrrole nitrogens is 1. The van der Waals surface area contributed by atoms with Gasteiger partial charge in [-0.1, -0.05) is 6.92 Å². The molecule has 0 atom stereocenters. The third kappa shape index (κ3) is 1.69. The highest BCUT2D eigenvalue weighted by Gasteiger charge is 2.06. The second-order valence-corrected chi connectivity index (χ2v) is 3.30. The minimum absolute atomic E-state index is 0.0214. The predicted octanol–water partition coefficient (Wildman–Crippen LogP) is 1.36. The molecular formula is C8H12N2OS. The van der Waals surface area contributed by atoms with Crippen molar-refractivity contribution in [2.24, 2.45) is 0 Å². The number of aryl methyl sites for hydroxylation is 2. The molecule has 1 rings (SSSR count). The van der Waals surface area contributed by atoms with Gasteiger partial charge in [-0.15, -0.1) is 11.8 Å². The summed E-state index contributed by atoms with van der Waals surface area (Å²) in [4.78, 5) is 19.0. The molecule has 1 heterocycles. The summed E-state index contributed by atoms with van der Waals surface area (Å²) in [5.74, 6) is 0.689. The van der Waals surface area contributed by atoms with Crippen LogP contribution in [0.3, 0.4) is 0 Å². The number of rotatable bonds is 2. The maximum atomic E-state index is 11.3. The molecule has 4 heteroatoms. The van der Waals surface area contributed by atoms with Crippen molar-refractivity contribution < 1.29 is 0 Å². The summed E-state index contributed by atoms with van der Waals surface area (Å²) in [6, 6.07) is 0. The van der Waals surface area contributed by atoms with Gasteiger partial charge in [0.2, 0.25) is 0 Å². The zero-order chi connectivity index (χ0) is 9.14. The first-order valence-corrected chi connectivity index (χ1v) is 5.05. The topological polar surface area (TPSA) is 45.8 Å². The zero-order valence-corrected chi connectivity index (χ0v) is 8.29. The van der Waals surface area contributed by atoms with Crippen LogP contribution in [0, 0.1) is 6.92 Å². The molecule has 0 fully saturated rings. The standard InChI is InChI=1S/C8H12N2OS/c1-4-6-7(12-3)8(11)10-5(2)9-6/h4H2,1-3H3,(H,9,10,11). The van der Waals surface area contributed by atoms with Gasteiger partial charge in [-0.05, 0) is 19.6 Å². The lowest BCUT2D eigenvalue weighted by molar-refractivity contribution is 0.873. The Morgan fingerprint density at radius 3 is 2.75 bits per heavy atom. The summed E-state index contributed by atoms with van der Waals surface area (Å²) in [5.41, 5.74) is 0.871. The Morgan fingerprint density at radius 2 is 2.25 bits per heavy atom. The Morgan fingerprint density at radius 1 is 1.58 bits per heavy atom. The van der Waals surface area contributed by atoms with Crippen molar-refractivity contribution in [3.05, 3.63) is 21.9 Å². The average molecular weight is 184 g/mol. The summed E-state index contributed by atoms with van der Waals surface area (Å²) < 4.78 is 0. The van der Waals surface area contributed by atoms with Gasteiger partial charge in [0.05, 0.1) is 10.6 Å². The first-order chi connectivity index (χ1) is 5.69. The summed E-state index contributed by atoms with van der Waals surface area (Å²) in [6.07, 6.45) is 2.70. The molecule has 0 bridgehead atoms. The van der Waals surface area contributed by atoms with Crippen LogP contribution in [0.15, 0.2) is 9.69 Å². The van der Waals surface area contributed by atoms with Gasteiger partial charge in [-0.25, -0.2) is 4.98 Å². The summed E-state index contributed by atoms with van der Waals surface area (Å²) in [7, 11) is 0. The van der Waals surface area contributed by atoms with Crippen LogP contribution < -0.4 is 5.56 Å². The lowest BCUT2D eigenvalue weighted by atomic mass is 10.3. The fourth-order valence-corrected chi connectivity index (χ4v) is 1.75. The molecule has 1 N–H and O–H groups in total. The molecular weight excluding hydrogens is 172 g/mol. The van der Waals surface area contributed by atoms with Crippen LogP contribution in [0.25, 0.3) is 0 Å². The Bertz CT molecular complexity index is 332. The lowest BCUT2D eigenvalue weighted by Gasteiger charge is -2.02. The second-order valence-electron chi connectivity index (χ2n) is 2.48. The van der Waals surface area contributed by atoms with Crippen LogP contribution in [-0.4, -0.2) is 16.2 Å². The first-order valence-electron chi connectivity index (χ1n) is 3.82. The number of aromatic amines is 1. The number of hydrogen-bond acceptors (Lipinski definition) is 3. The minimum atomic E-state index is -0.0214. The van der Waals surface area contributed by atoms with E-state index in [-0.39, 0.29) is 5.56 Å². The van der Waals surface area contributed by atoms with Crippen LogP contribution in [0.5, 0.6) is 0 Å². The van der Waals surface area contributed by atoms with Crippen molar-refractivity contribution in [1.82, 2.24) is 9.97 Å². The molecule has 0 aliphatic rings. The highest BCUT2D eigenvalue weighted by Crippen LogP contribution is 2.13. The van der Waals surface area contributed by atoms with Gasteiger partial charge >= 0.3 is 0 Å². The normalized spacial score (nSPS) is 10.2. The highest BCUT2D eigenvalue weighted by atomic mass is 32.2. The summed E-state index contributed by atoms with van der Waals surface area (Å²) in [5, 5.41) is 0. The van der Waals surface area contributed by atoms with Crippen molar-refractivity contribution in [1.29, 1.82) is 0 Å². The SMILES string of the molecule is CCc1nc(C)[nH]c(=O)c1SC. The molecule has 0 radical (unpaired) electrons. The maximum Gasteiger partial charge on any atom is 0.264 e. The third-order valence-electron chi connectivity index (χ3n) is 1.60. The van der Waals surface area contributed by atoms with Gasteiger partial charge in [-0.3, -0.25) is 4.79 Å². The van der Waals surface area contributed by atoms with Crippen LogP contribution in [-0.2, 0) is 6.42 Å². The van der Waals surface area contributed by atoms with Crippen molar-refractivity contribution in [3.8, 4) is 0 Å². The molecule has 0 saturated carbocycles. The van der Waals surface area contributed by atoms with Crippen LogP contribution in [0.4, 0.5) is 0 Å². The number of nitrogens with zero attached hydrogens (tertiary/aromatic N) is 1. The van der Waals surface area contributed by atoms with E-state index in [0.717, 1.165) is 17.0 Å². The van der Waals surface area contributed by atoms with Crippen LogP contribution in [0.1, 0.15) is 18.4 Å². The number of thioether (sulfide) groups is 1. The highest BCUT2D eigenvalue weighted by molar-refractivity contribution is 7.98. The van der Waals surface area contributed by atoms with Crippen molar-refractivity contribution in [2.45, 2.75) is 25.2 Å². The molecule has 0 aliphatic carbocycles. The van der Waals surface area contributed by atoms with E-state index in [4.69, 9.17) is 0 Å². The fraction of sp³-hybridized carbons (Fsp3) is 0.500. The molecule has 1 aromatic rings. The molecule has 0 spiro atoms. The molecule has 0 aromatic carbocycles. The van der Waals surface area contributed by atoms with Crippen LogP contribution >= 0.6 is 11.8 Å². The van der Waals surface area contributed by atoms with E-state index in [2.05, 4.69) is 9.97 Å². The van der Waals surface area contributed by atoms with E-state index in [9.17, 15) is 4.79 Å². The third-order valence-corrected chi connectivity index (χ3v) is 2.43. The number of aromatic nitrogens is 2. The summed E-state index contributed by atoms with van der Waals surface area (Å²) in [6.45, 7) is 3.80. The molecule has 0 aliphatic heterocycles. The predicted molar refractivity (Wildman–Crippen MR) is 50.8 cm³/mol. The van der Waals surface area contributed by atoms with E-state index in [1.807, 2.05) is 13.2 Å². The van der Waals surface area contributed by atoms with Gasteiger partial charge in [0.25, 0.3) is 5.56 Å². The largest absolute Gasteiger partial charge is 0.310 e. The van der Waals surface area contributed by atoms with Crippen molar-refractivity contribution >= 4 is 11.8 Å². The molecule has 66 valence electrons. The molecule has 3 nitrogen and oxygen atoms in total. The first kappa shape index (κ1) is 9.32. The molecule has 0 amide bonds. The Labute approximate surface area is 75.6 Å². The summed E-state index contributed by atoms with van der Waals surface area (Å²) >= 11 is 1.45. The van der Waals surface area contributed by atoms with E-state index in [0.29, 0.717) is 5.82 Å². The van der Waals surface area contributed by atoms with E-state index < -0.39 is 0 Å². The zero-order valence-electron chi connectivity index (χ0n) is 7.47. The van der Waals surface area contributed by atoms with E-state index in [1.54, 1.807) is 6.92 Å². The maximum absolute atomic E-state index is 11.3. The van der Waals surface area contributed by atoms with Crippen molar-refractivity contribution in [3.63, 3.8) is 0 Å². The quantitative estimate of drug-likeness (QED) is 0.706. The Hall–Kier alpha value is -0.770. The second kappa shape index (κ2) is 3.76. The molecule has 1 aromatic heterocycles. The average Bonchev–Trinajstić information content (AvgIpc) is 2.03. The molecule has 0 saturated heterocycles. The van der Waals surface area contributed by atoms with Gasteiger partial charge in [0.15, 0.2) is 0 Å². The lowest BCUT2D eigenvalue weighted by Crippen LogP contribution is -2.14. The minimum Gasteiger partial charge on any atom is -0.310 e. The molecule has 12 heavy (non-hydrogen) atoms. The van der Waals surface area contributed by atoms with Crippen molar-refractivity contribution in [2.75, 3.05) is 6.26 Å². The van der Waals surface area contributed by atoms with Gasteiger partial charge < -0.3 is 4.98 Å². The monoisotopic (exact) mass is 184 g/mol. The number of nitrogens with one attached hydrogen (secondary N) is 1.